The Morgan fingerprint density at radius 1 is 1.15 bits per heavy atom. The Balaban J connectivity index is 1.48. The van der Waals surface area contributed by atoms with Crippen LogP contribution in [0.2, 0.25) is 0 Å². The summed E-state index contributed by atoms with van der Waals surface area (Å²) in [4.78, 5) is 37.7. The number of benzene rings is 1. The molecule has 1 aliphatic carbocycles. The molecule has 0 radical (unpaired) electrons. The first-order valence-corrected chi connectivity index (χ1v) is 13.4. The van der Waals surface area contributed by atoms with E-state index in [0.717, 1.165) is 24.2 Å². The van der Waals surface area contributed by atoms with Crippen molar-refractivity contribution in [1.29, 1.82) is 0 Å². The molecule has 2 heterocycles. The number of hydrogen-bond acceptors (Lipinski definition) is 7. The van der Waals surface area contributed by atoms with Gasteiger partial charge in [0.05, 0.1) is 6.42 Å². The molecule has 4 rings (SSSR count). The van der Waals surface area contributed by atoms with Crippen LogP contribution in [0, 0.1) is 5.41 Å². The first-order valence-electron chi connectivity index (χ1n) is 13.4. The highest BCUT2D eigenvalue weighted by Crippen LogP contribution is 2.50. The van der Waals surface area contributed by atoms with E-state index in [1.165, 1.54) is 4.68 Å². The fourth-order valence-electron chi connectivity index (χ4n) is 4.93. The van der Waals surface area contributed by atoms with E-state index in [2.05, 4.69) is 34.7 Å². The van der Waals surface area contributed by atoms with E-state index >= 15 is 0 Å². The number of carbonyl (C=O) groups is 3. The smallest absolute Gasteiger partial charge is 0.413 e. The molecule has 0 atom stereocenters. The van der Waals surface area contributed by atoms with Gasteiger partial charge in [0.2, 0.25) is 5.91 Å². The lowest BCUT2D eigenvalue weighted by Crippen LogP contribution is -2.29. The summed E-state index contributed by atoms with van der Waals surface area (Å²) in [5, 5.41) is 14.0. The van der Waals surface area contributed by atoms with Crippen molar-refractivity contribution in [3.63, 3.8) is 0 Å². The first-order chi connectivity index (χ1) is 18.6. The van der Waals surface area contributed by atoms with Crippen LogP contribution in [0.1, 0.15) is 94.9 Å². The molecule has 3 amide bonds. The Morgan fingerprint density at radius 3 is 2.35 bits per heavy atom. The molecule has 0 unspecified atom stereocenters. The maximum absolute atomic E-state index is 12.6. The largest absolute Gasteiger partial charge is 0.444 e. The molecular weight excluding hydrogens is 512 g/mol. The van der Waals surface area contributed by atoms with E-state index in [1.807, 2.05) is 13.8 Å². The third-order valence-electron chi connectivity index (χ3n) is 6.65. The molecule has 2 aromatic heterocycles. The maximum atomic E-state index is 12.6. The number of amides is 3. The molecular formula is C29H38N6O5. The lowest BCUT2D eigenvalue weighted by Gasteiger charge is -2.41. The van der Waals surface area contributed by atoms with E-state index in [-0.39, 0.29) is 29.8 Å². The summed E-state index contributed by atoms with van der Waals surface area (Å²) in [6.07, 6.45) is 1.47. The Kier molecular flexibility index (Phi) is 7.78. The SMILES string of the molecule is CC(C)n1nc(-c2ccc(CC(=O)Nc3cc(C4CC(C)(C)C4)on3)cc2)c(C(N)=O)c1NC(=O)OC(C)(C)C. The van der Waals surface area contributed by atoms with E-state index in [4.69, 9.17) is 15.0 Å². The minimum Gasteiger partial charge on any atom is -0.444 e. The summed E-state index contributed by atoms with van der Waals surface area (Å²) in [6, 6.07) is 8.67. The van der Waals surface area contributed by atoms with Gasteiger partial charge in [-0.2, -0.15) is 5.10 Å². The molecule has 1 saturated carbocycles. The van der Waals surface area contributed by atoms with Crippen molar-refractivity contribution in [2.75, 3.05) is 10.6 Å². The van der Waals surface area contributed by atoms with Gasteiger partial charge in [-0.25, -0.2) is 9.48 Å². The number of rotatable bonds is 8. The molecule has 0 aliphatic heterocycles. The Bertz CT molecular complexity index is 1400. The van der Waals surface area contributed by atoms with Gasteiger partial charge in [0.15, 0.2) is 5.82 Å². The molecule has 0 spiro atoms. The third kappa shape index (κ3) is 6.70. The van der Waals surface area contributed by atoms with Gasteiger partial charge in [0, 0.05) is 23.6 Å². The number of ether oxygens (including phenoxy) is 1. The maximum Gasteiger partial charge on any atom is 0.413 e. The molecule has 0 bridgehead atoms. The second kappa shape index (κ2) is 10.8. The average molecular weight is 551 g/mol. The van der Waals surface area contributed by atoms with Gasteiger partial charge >= 0.3 is 6.09 Å². The highest BCUT2D eigenvalue weighted by atomic mass is 16.6. The van der Waals surface area contributed by atoms with Crippen molar-refractivity contribution in [1.82, 2.24) is 14.9 Å². The zero-order chi connectivity index (χ0) is 29.4. The lowest BCUT2D eigenvalue weighted by atomic mass is 9.64. The Hall–Kier alpha value is -4.15. The van der Waals surface area contributed by atoms with Crippen molar-refractivity contribution < 1.29 is 23.6 Å². The summed E-state index contributed by atoms with van der Waals surface area (Å²) < 4.78 is 12.3. The van der Waals surface area contributed by atoms with Crippen LogP contribution in [-0.4, -0.2) is 38.4 Å². The molecule has 4 N–H and O–H groups in total. The predicted octanol–water partition coefficient (Wildman–Crippen LogP) is 5.65. The number of nitrogens with one attached hydrogen (secondary N) is 2. The second-order valence-corrected chi connectivity index (χ2v) is 12.4. The van der Waals surface area contributed by atoms with Crippen molar-refractivity contribution >= 4 is 29.5 Å². The van der Waals surface area contributed by atoms with Crippen LogP contribution in [0.15, 0.2) is 34.9 Å². The highest BCUT2D eigenvalue weighted by Gasteiger charge is 2.39. The quantitative estimate of drug-likeness (QED) is 0.327. The summed E-state index contributed by atoms with van der Waals surface area (Å²) in [5.74, 6) is 0.723. The lowest BCUT2D eigenvalue weighted by molar-refractivity contribution is -0.115. The van der Waals surface area contributed by atoms with Gasteiger partial charge < -0.3 is 20.3 Å². The Morgan fingerprint density at radius 2 is 1.80 bits per heavy atom. The normalized spacial score (nSPS) is 15.0. The van der Waals surface area contributed by atoms with Gasteiger partial charge in [0.1, 0.15) is 28.4 Å². The molecule has 1 aromatic carbocycles. The number of anilines is 2. The van der Waals surface area contributed by atoms with Crippen LogP contribution in [0.5, 0.6) is 0 Å². The number of carbonyl (C=O) groups excluding carboxylic acids is 3. The first kappa shape index (κ1) is 28.8. The molecule has 11 nitrogen and oxygen atoms in total. The number of primary amides is 1. The minimum atomic E-state index is -0.742. The fourth-order valence-corrected chi connectivity index (χ4v) is 4.93. The van der Waals surface area contributed by atoms with Crippen LogP contribution in [0.3, 0.4) is 0 Å². The number of nitrogens with zero attached hydrogens (tertiary/aromatic N) is 3. The van der Waals surface area contributed by atoms with Gasteiger partial charge in [-0.3, -0.25) is 14.9 Å². The zero-order valence-electron chi connectivity index (χ0n) is 24.1. The summed E-state index contributed by atoms with van der Waals surface area (Å²) in [5.41, 5.74) is 7.07. The zero-order valence-corrected chi connectivity index (χ0v) is 24.1. The number of aromatic nitrogens is 3. The van der Waals surface area contributed by atoms with E-state index in [9.17, 15) is 14.4 Å². The van der Waals surface area contributed by atoms with E-state index < -0.39 is 17.6 Å². The standard InChI is InChI=1S/C29H38N6O5/c1-16(2)35-26(32-27(38)39-28(3,4)5)23(25(30)37)24(33-35)18-10-8-17(9-11-18)12-22(36)31-21-13-20(40-34-21)19-14-29(6,7)15-19/h8-11,13,16,19H,12,14-15H2,1-7H3,(H2,30,37)(H,32,38)(H,31,34,36). The van der Waals surface area contributed by atoms with Crippen molar-refractivity contribution in [3.05, 3.63) is 47.2 Å². The third-order valence-corrected chi connectivity index (χ3v) is 6.65. The minimum absolute atomic E-state index is 0.0711. The second-order valence-electron chi connectivity index (χ2n) is 12.4. The predicted molar refractivity (Wildman–Crippen MR) is 151 cm³/mol. The van der Waals surface area contributed by atoms with Crippen LogP contribution >= 0.6 is 0 Å². The van der Waals surface area contributed by atoms with Gasteiger partial charge in [0.25, 0.3) is 5.91 Å². The molecule has 1 aliphatic rings. The molecule has 3 aromatic rings. The van der Waals surface area contributed by atoms with Gasteiger partial charge in [-0.1, -0.05) is 43.3 Å². The number of hydrogen-bond donors (Lipinski definition) is 3. The molecule has 40 heavy (non-hydrogen) atoms. The van der Waals surface area contributed by atoms with Gasteiger partial charge in [-0.05, 0) is 58.4 Å². The van der Waals surface area contributed by atoms with Crippen LogP contribution in [0.4, 0.5) is 16.4 Å². The molecule has 11 heteroatoms. The topological polar surface area (TPSA) is 154 Å². The summed E-state index contributed by atoms with van der Waals surface area (Å²) in [7, 11) is 0. The molecule has 214 valence electrons. The average Bonchev–Trinajstić information content (AvgIpc) is 3.41. The summed E-state index contributed by atoms with van der Waals surface area (Å²) >= 11 is 0. The fraction of sp³-hybridized carbons (Fsp3) is 0.483. The van der Waals surface area contributed by atoms with Crippen LogP contribution in [0.25, 0.3) is 11.3 Å². The van der Waals surface area contributed by atoms with Crippen LogP contribution in [-0.2, 0) is 16.0 Å². The molecule has 1 fully saturated rings. The van der Waals surface area contributed by atoms with Crippen molar-refractivity contribution in [2.24, 2.45) is 11.1 Å². The number of nitrogens with two attached hydrogens (primary N) is 1. The van der Waals surface area contributed by atoms with Crippen molar-refractivity contribution in [3.8, 4) is 11.3 Å². The highest BCUT2D eigenvalue weighted by molar-refractivity contribution is 6.06. The van der Waals surface area contributed by atoms with Crippen LogP contribution < -0.4 is 16.4 Å². The molecule has 0 saturated heterocycles. The van der Waals surface area contributed by atoms with E-state index in [0.29, 0.717) is 28.4 Å². The van der Waals surface area contributed by atoms with Gasteiger partial charge in [-0.15, -0.1) is 0 Å². The van der Waals surface area contributed by atoms with Crippen molar-refractivity contribution in [2.45, 2.75) is 85.3 Å². The summed E-state index contributed by atoms with van der Waals surface area (Å²) in [6.45, 7) is 13.4. The van der Waals surface area contributed by atoms with E-state index in [1.54, 1.807) is 51.1 Å². The Labute approximate surface area is 233 Å². The monoisotopic (exact) mass is 550 g/mol.